The second-order valence-electron chi connectivity index (χ2n) is 5.51. The maximum atomic E-state index is 11.0. The van der Waals surface area contributed by atoms with Crippen molar-refractivity contribution >= 4 is 6.29 Å². The van der Waals surface area contributed by atoms with Gasteiger partial charge in [-0.15, -0.1) is 0 Å². The van der Waals surface area contributed by atoms with Crippen molar-refractivity contribution in [2.24, 2.45) is 0 Å². The van der Waals surface area contributed by atoms with E-state index in [0.29, 0.717) is 0 Å². The summed E-state index contributed by atoms with van der Waals surface area (Å²) in [5.74, 6) is -1.40. The van der Waals surface area contributed by atoms with E-state index in [-0.39, 0.29) is 12.2 Å². The Hall–Kier alpha value is -0.490. The summed E-state index contributed by atoms with van der Waals surface area (Å²) < 4.78 is 22.7. The number of ether oxygens (including phenoxy) is 4. The first-order valence-electron chi connectivity index (χ1n) is 5.91. The molecule has 2 aliphatic rings. The molecule has 0 aliphatic carbocycles. The molecule has 0 aromatic heterocycles. The SMILES string of the molecule is C[C@@H]1OC(C)(C)O[C@@H]1[C@H]1OC(C)(C)O[C@@H]1C=O. The van der Waals surface area contributed by atoms with Gasteiger partial charge in [0.1, 0.15) is 18.3 Å². The Labute approximate surface area is 101 Å². The fourth-order valence-corrected chi connectivity index (χ4v) is 2.48. The molecular formula is C12H20O5. The van der Waals surface area contributed by atoms with Crippen molar-refractivity contribution in [3.05, 3.63) is 0 Å². The van der Waals surface area contributed by atoms with Gasteiger partial charge in [-0.2, -0.15) is 0 Å². The van der Waals surface area contributed by atoms with Crippen LogP contribution in [0.25, 0.3) is 0 Å². The Kier molecular flexibility index (Phi) is 3.06. The fourth-order valence-electron chi connectivity index (χ4n) is 2.48. The lowest BCUT2D eigenvalue weighted by atomic mass is 10.1. The molecule has 2 rings (SSSR count). The van der Waals surface area contributed by atoms with Crippen molar-refractivity contribution in [3.8, 4) is 0 Å². The molecule has 17 heavy (non-hydrogen) atoms. The first-order valence-corrected chi connectivity index (χ1v) is 5.91. The molecule has 0 unspecified atom stereocenters. The average molecular weight is 244 g/mol. The van der Waals surface area contributed by atoms with Gasteiger partial charge < -0.3 is 23.7 Å². The summed E-state index contributed by atoms with van der Waals surface area (Å²) in [6.07, 6.45) is -0.674. The average Bonchev–Trinajstić information content (AvgIpc) is 2.62. The highest BCUT2D eigenvalue weighted by atomic mass is 16.8. The molecule has 0 aromatic carbocycles. The molecule has 2 aliphatic heterocycles. The highest BCUT2D eigenvalue weighted by Crippen LogP contribution is 2.37. The van der Waals surface area contributed by atoms with Crippen LogP contribution in [-0.4, -0.2) is 42.3 Å². The lowest BCUT2D eigenvalue weighted by Gasteiger charge is -2.23. The highest BCUT2D eigenvalue weighted by Gasteiger charge is 2.52. The van der Waals surface area contributed by atoms with Gasteiger partial charge in [-0.25, -0.2) is 0 Å². The van der Waals surface area contributed by atoms with Crippen LogP contribution in [0, 0.1) is 0 Å². The number of carbonyl (C=O) groups is 1. The summed E-state index contributed by atoms with van der Waals surface area (Å²) in [5, 5.41) is 0. The third-order valence-electron chi connectivity index (χ3n) is 2.97. The van der Waals surface area contributed by atoms with Gasteiger partial charge in [-0.05, 0) is 34.6 Å². The van der Waals surface area contributed by atoms with Crippen LogP contribution < -0.4 is 0 Å². The van der Waals surface area contributed by atoms with Crippen LogP contribution >= 0.6 is 0 Å². The monoisotopic (exact) mass is 244 g/mol. The summed E-state index contributed by atoms with van der Waals surface area (Å²) in [4.78, 5) is 11.0. The standard InChI is InChI=1S/C12H20O5/c1-7-9(16-11(2,3)14-7)10-8(6-13)15-12(4,5)17-10/h6-10H,1-5H3/t7-,8+,9-,10-/m0/s1. The van der Waals surface area contributed by atoms with Gasteiger partial charge in [0, 0.05) is 0 Å². The fraction of sp³-hybridized carbons (Fsp3) is 0.917. The second-order valence-corrected chi connectivity index (χ2v) is 5.51. The quantitative estimate of drug-likeness (QED) is 0.684. The maximum Gasteiger partial charge on any atom is 0.164 e. The lowest BCUT2D eigenvalue weighted by Crippen LogP contribution is -2.41. The molecule has 2 heterocycles. The van der Waals surface area contributed by atoms with E-state index >= 15 is 0 Å². The van der Waals surface area contributed by atoms with Gasteiger partial charge in [-0.1, -0.05) is 0 Å². The molecule has 98 valence electrons. The molecule has 0 bridgehead atoms. The second kappa shape index (κ2) is 4.02. The molecule has 0 N–H and O–H groups in total. The number of hydrogen-bond donors (Lipinski definition) is 0. The Morgan fingerprint density at radius 1 is 0.882 bits per heavy atom. The lowest BCUT2D eigenvalue weighted by molar-refractivity contribution is -0.175. The molecule has 0 aromatic rings. The van der Waals surface area contributed by atoms with Gasteiger partial charge in [0.25, 0.3) is 0 Å². The summed E-state index contributed by atoms with van der Waals surface area (Å²) >= 11 is 0. The molecule has 0 radical (unpaired) electrons. The van der Waals surface area contributed by atoms with Crippen molar-refractivity contribution < 1.29 is 23.7 Å². The van der Waals surface area contributed by atoms with E-state index in [1.165, 1.54) is 0 Å². The van der Waals surface area contributed by atoms with Crippen LogP contribution in [0.15, 0.2) is 0 Å². The highest BCUT2D eigenvalue weighted by molar-refractivity contribution is 5.58. The Morgan fingerprint density at radius 3 is 1.88 bits per heavy atom. The van der Waals surface area contributed by atoms with E-state index in [1.54, 1.807) is 13.8 Å². The van der Waals surface area contributed by atoms with E-state index in [9.17, 15) is 4.79 Å². The maximum absolute atomic E-state index is 11.0. The van der Waals surface area contributed by atoms with Crippen LogP contribution in [-0.2, 0) is 23.7 Å². The van der Waals surface area contributed by atoms with E-state index in [2.05, 4.69) is 0 Å². The third kappa shape index (κ3) is 2.52. The van der Waals surface area contributed by atoms with E-state index in [0.717, 1.165) is 6.29 Å². The van der Waals surface area contributed by atoms with Gasteiger partial charge >= 0.3 is 0 Å². The van der Waals surface area contributed by atoms with Gasteiger partial charge in [0.2, 0.25) is 0 Å². The summed E-state index contributed by atoms with van der Waals surface area (Å²) in [6, 6.07) is 0. The first-order chi connectivity index (χ1) is 7.74. The van der Waals surface area contributed by atoms with Crippen LogP contribution in [0.4, 0.5) is 0 Å². The largest absolute Gasteiger partial charge is 0.345 e. The molecule has 4 atom stereocenters. The van der Waals surface area contributed by atoms with E-state index in [4.69, 9.17) is 18.9 Å². The summed E-state index contributed by atoms with van der Waals surface area (Å²) in [6.45, 7) is 9.18. The van der Waals surface area contributed by atoms with Gasteiger partial charge in [-0.3, -0.25) is 0 Å². The predicted octanol–water partition coefficient (Wildman–Crippen LogP) is 1.25. The minimum absolute atomic E-state index is 0.130. The van der Waals surface area contributed by atoms with Crippen molar-refractivity contribution in [2.45, 2.75) is 70.6 Å². The predicted molar refractivity (Wildman–Crippen MR) is 59.4 cm³/mol. The Bertz CT molecular complexity index is 312. The number of hydrogen-bond acceptors (Lipinski definition) is 5. The third-order valence-corrected chi connectivity index (χ3v) is 2.97. The molecular weight excluding hydrogens is 224 g/mol. The van der Waals surface area contributed by atoms with Crippen molar-refractivity contribution in [3.63, 3.8) is 0 Å². The number of aldehydes is 1. The zero-order valence-electron chi connectivity index (χ0n) is 10.9. The Balaban J connectivity index is 2.14. The minimum atomic E-state index is -0.758. The molecule has 0 spiro atoms. The van der Waals surface area contributed by atoms with Crippen LogP contribution in [0.5, 0.6) is 0 Å². The van der Waals surface area contributed by atoms with E-state index < -0.39 is 23.8 Å². The number of carbonyl (C=O) groups excluding carboxylic acids is 1. The van der Waals surface area contributed by atoms with Crippen molar-refractivity contribution in [2.75, 3.05) is 0 Å². The molecule has 2 saturated heterocycles. The Morgan fingerprint density at radius 2 is 1.41 bits per heavy atom. The summed E-state index contributed by atoms with van der Waals surface area (Å²) in [5.41, 5.74) is 0. The molecule has 5 heteroatoms. The number of rotatable bonds is 2. The van der Waals surface area contributed by atoms with Crippen LogP contribution in [0.3, 0.4) is 0 Å². The van der Waals surface area contributed by atoms with Crippen molar-refractivity contribution in [1.29, 1.82) is 0 Å². The van der Waals surface area contributed by atoms with Crippen molar-refractivity contribution in [1.82, 2.24) is 0 Å². The molecule has 5 nitrogen and oxygen atoms in total. The summed E-state index contributed by atoms with van der Waals surface area (Å²) in [7, 11) is 0. The smallest absolute Gasteiger partial charge is 0.164 e. The topological polar surface area (TPSA) is 54.0 Å². The van der Waals surface area contributed by atoms with E-state index in [1.807, 2.05) is 20.8 Å². The zero-order chi connectivity index (χ0) is 12.8. The van der Waals surface area contributed by atoms with Gasteiger partial charge in [0.05, 0.1) is 6.10 Å². The molecule has 0 amide bonds. The van der Waals surface area contributed by atoms with Gasteiger partial charge in [0.15, 0.2) is 17.9 Å². The molecule has 2 fully saturated rings. The minimum Gasteiger partial charge on any atom is -0.345 e. The van der Waals surface area contributed by atoms with Crippen LogP contribution in [0.1, 0.15) is 34.6 Å². The molecule has 0 saturated carbocycles. The first kappa shape index (κ1) is 13.0. The van der Waals surface area contributed by atoms with Crippen LogP contribution in [0.2, 0.25) is 0 Å². The zero-order valence-corrected chi connectivity index (χ0v) is 10.9. The normalized spacial score (nSPS) is 43.8.